The Bertz CT molecular complexity index is 5790. The van der Waals surface area contributed by atoms with E-state index in [-0.39, 0.29) is 0 Å². The van der Waals surface area contributed by atoms with Gasteiger partial charge in [-0.05, 0) is 138 Å². The molecule has 0 radical (unpaired) electrons. The summed E-state index contributed by atoms with van der Waals surface area (Å²) < 4.78 is 9.56. The highest BCUT2D eigenvalue weighted by Gasteiger charge is 2.21. The highest BCUT2D eigenvalue weighted by molar-refractivity contribution is 6.14. The van der Waals surface area contributed by atoms with Crippen molar-refractivity contribution in [2.75, 3.05) is 0 Å². The third-order valence-electron chi connectivity index (χ3n) is 18.0. The van der Waals surface area contributed by atoms with Crippen LogP contribution in [0.5, 0.6) is 0 Å². The fourth-order valence-electron chi connectivity index (χ4n) is 13.9. The predicted molar refractivity (Wildman–Crippen MR) is 367 cm³/mol. The molecular weight excluding hydrogens is 1070 g/mol. The minimum absolute atomic E-state index is 0.657. The van der Waals surface area contributed by atoms with E-state index in [9.17, 15) is 0 Å². The smallest absolute Gasteiger partial charge is 0.160 e. The standard InChI is InChI=1S/C82H52N6/c1-4-19-53(20-5-1)72-52-73(54-35-41-62(42-36-54)87-74-31-14-10-27-64(74)68-43-37-57(50-80(68)87)55-39-45-78-70(48-55)66-29-12-16-33-76(66)85(78)60-22-6-2-7-23-60)84-82(83-72)59-21-18-26-63(47-59)88-75-32-15-11-28-65(75)69-44-38-58(51-81(69)88)56-40-46-79-71(49-56)67-30-13-17-34-77(67)86(79)61-24-8-3-9-25-61/h1-52H. The second kappa shape index (κ2) is 19.9. The lowest BCUT2D eigenvalue weighted by Crippen LogP contribution is -1.99. The SMILES string of the molecule is c1ccc(-c2cc(-c3ccc(-n4c5ccccc5c5ccc(-c6ccc7c(c6)c6ccccc6n7-c6ccccc6)cc54)cc3)nc(-c3cccc(-n4c5ccccc5c5ccc(-c6ccc7c(c6)c6ccccc6n7-c6ccccc6)cc54)c3)n2)cc1. The van der Waals surface area contributed by atoms with Crippen molar-refractivity contribution in [1.29, 1.82) is 0 Å². The molecule has 410 valence electrons. The molecule has 88 heavy (non-hydrogen) atoms. The largest absolute Gasteiger partial charge is 0.309 e. The Kier molecular flexibility index (Phi) is 11.2. The van der Waals surface area contributed by atoms with Crippen LogP contribution in [-0.2, 0) is 0 Å². The van der Waals surface area contributed by atoms with Gasteiger partial charge in [0.1, 0.15) is 0 Å². The molecule has 13 aromatic carbocycles. The summed E-state index contributed by atoms with van der Waals surface area (Å²) in [4.78, 5) is 10.8. The van der Waals surface area contributed by atoms with Gasteiger partial charge in [-0.25, -0.2) is 9.97 Å². The predicted octanol–water partition coefficient (Wildman–Crippen LogP) is 21.2. The normalized spacial score (nSPS) is 11.9. The van der Waals surface area contributed by atoms with E-state index in [2.05, 4.69) is 334 Å². The molecule has 0 bridgehead atoms. The van der Waals surface area contributed by atoms with E-state index < -0.39 is 0 Å². The summed E-state index contributed by atoms with van der Waals surface area (Å²) in [6, 6.07) is 114. The summed E-state index contributed by atoms with van der Waals surface area (Å²) >= 11 is 0. The number of nitrogens with zero attached hydrogens (tertiary/aromatic N) is 6. The first-order valence-electron chi connectivity index (χ1n) is 30.0. The average Bonchev–Trinajstić information content (AvgIpc) is 2.58. The van der Waals surface area contributed by atoms with E-state index in [4.69, 9.17) is 9.97 Å². The number of fused-ring (bicyclic) bond motifs is 12. The molecule has 0 saturated carbocycles. The molecule has 6 nitrogen and oxygen atoms in total. The van der Waals surface area contributed by atoms with E-state index >= 15 is 0 Å². The van der Waals surface area contributed by atoms with Gasteiger partial charge in [-0.2, -0.15) is 0 Å². The molecule has 0 aliphatic rings. The van der Waals surface area contributed by atoms with Crippen LogP contribution in [0.2, 0.25) is 0 Å². The Morgan fingerprint density at radius 1 is 0.170 bits per heavy atom. The second-order valence-electron chi connectivity index (χ2n) is 22.9. The zero-order chi connectivity index (χ0) is 57.8. The van der Waals surface area contributed by atoms with E-state index in [1.807, 2.05) is 0 Å². The van der Waals surface area contributed by atoms with Gasteiger partial charge in [-0.15, -0.1) is 0 Å². The third-order valence-corrected chi connectivity index (χ3v) is 18.0. The van der Waals surface area contributed by atoms with Crippen LogP contribution in [0.4, 0.5) is 0 Å². The maximum Gasteiger partial charge on any atom is 0.160 e. The zero-order valence-corrected chi connectivity index (χ0v) is 47.7. The maximum absolute atomic E-state index is 5.43. The lowest BCUT2D eigenvalue weighted by molar-refractivity contribution is 1.15. The van der Waals surface area contributed by atoms with Gasteiger partial charge in [0.25, 0.3) is 0 Å². The number of rotatable bonds is 9. The molecule has 0 N–H and O–H groups in total. The summed E-state index contributed by atoms with van der Waals surface area (Å²) in [5, 5.41) is 9.76. The molecular formula is C82H52N6. The summed E-state index contributed by atoms with van der Waals surface area (Å²) in [7, 11) is 0. The van der Waals surface area contributed by atoms with Gasteiger partial charge in [-0.3, -0.25) is 0 Å². The van der Waals surface area contributed by atoms with Crippen LogP contribution in [0.25, 0.3) is 166 Å². The van der Waals surface area contributed by atoms with Crippen molar-refractivity contribution < 1.29 is 0 Å². The molecule has 18 rings (SSSR count). The molecule has 0 atom stereocenters. The molecule has 5 aromatic heterocycles. The minimum Gasteiger partial charge on any atom is -0.309 e. The van der Waals surface area contributed by atoms with Crippen LogP contribution in [-0.4, -0.2) is 28.2 Å². The molecule has 5 heterocycles. The Morgan fingerprint density at radius 2 is 0.489 bits per heavy atom. The van der Waals surface area contributed by atoms with Crippen LogP contribution < -0.4 is 0 Å². The van der Waals surface area contributed by atoms with Crippen molar-refractivity contribution in [3.05, 3.63) is 315 Å². The summed E-state index contributed by atoms with van der Waals surface area (Å²) in [5.41, 5.74) is 23.1. The highest BCUT2D eigenvalue weighted by atomic mass is 15.0. The number of hydrogen-bond donors (Lipinski definition) is 0. The topological polar surface area (TPSA) is 45.5 Å². The van der Waals surface area contributed by atoms with Crippen molar-refractivity contribution in [3.8, 4) is 78.9 Å². The molecule has 0 saturated heterocycles. The second-order valence-corrected chi connectivity index (χ2v) is 22.9. The van der Waals surface area contributed by atoms with Crippen LogP contribution in [0.3, 0.4) is 0 Å². The molecule has 0 fully saturated rings. The third kappa shape index (κ3) is 7.89. The fourth-order valence-corrected chi connectivity index (χ4v) is 13.9. The lowest BCUT2D eigenvalue weighted by atomic mass is 10.0. The van der Waals surface area contributed by atoms with Crippen molar-refractivity contribution in [1.82, 2.24) is 28.2 Å². The lowest BCUT2D eigenvalue weighted by Gasteiger charge is -2.13. The van der Waals surface area contributed by atoms with Gasteiger partial charge < -0.3 is 18.3 Å². The van der Waals surface area contributed by atoms with Crippen molar-refractivity contribution in [3.63, 3.8) is 0 Å². The van der Waals surface area contributed by atoms with E-state index in [1.54, 1.807) is 0 Å². The Balaban J connectivity index is 0.729. The first kappa shape index (κ1) is 49.6. The van der Waals surface area contributed by atoms with Crippen LogP contribution in [0, 0.1) is 0 Å². The summed E-state index contributed by atoms with van der Waals surface area (Å²) in [5.74, 6) is 0.657. The number of hydrogen-bond acceptors (Lipinski definition) is 2. The number of para-hydroxylation sites is 6. The number of benzene rings is 13. The molecule has 0 spiro atoms. The van der Waals surface area contributed by atoms with Crippen molar-refractivity contribution in [2.45, 2.75) is 0 Å². The number of aromatic nitrogens is 6. The van der Waals surface area contributed by atoms with E-state index in [0.29, 0.717) is 5.82 Å². The minimum atomic E-state index is 0.657. The van der Waals surface area contributed by atoms with Crippen LogP contribution in [0.15, 0.2) is 315 Å². The first-order valence-corrected chi connectivity index (χ1v) is 30.0. The average molecular weight is 1120 g/mol. The van der Waals surface area contributed by atoms with Gasteiger partial charge in [0, 0.05) is 82.5 Å². The molecule has 0 aliphatic carbocycles. The Morgan fingerprint density at radius 3 is 0.977 bits per heavy atom. The van der Waals surface area contributed by atoms with Gasteiger partial charge in [0.2, 0.25) is 0 Å². The Labute approximate surface area is 507 Å². The van der Waals surface area contributed by atoms with Crippen molar-refractivity contribution >= 4 is 87.2 Å². The van der Waals surface area contributed by atoms with Crippen molar-refractivity contribution in [2.24, 2.45) is 0 Å². The van der Waals surface area contributed by atoms with Gasteiger partial charge in [-0.1, -0.05) is 200 Å². The summed E-state index contributed by atoms with van der Waals surface area (Å²) in [6.45, 7) is 0. The quantitative estimate of drug-likeness (QED) is 0.145. The van der Waals surface area contributed by atoms with Gasteiger partial charge in [0.05, 0.1) is 55.5 Å². The van der Waals surface area contributed by atoms with E-state index in [0.717, 1.165) is 78.5 Å². The monoisotopic (exact) mass is 1120 g/mol. The molecule has 0 unspecified atom stereocenters. The van der Waals surface area contributed by atoms with E-state index in [1.165, 1.54) is 81.8 Å². The summed E-state index contributed by atoms with van der Waals surface area (Å²) in [6.07, 6.45) is 0. The first-order chi connectivity index (χ1) is 43.6. The zero-order valence-electron chi connectivity index (χ0n) is 47.7. The Hall–Kier alpha value is -11.9. The molecule has 6 heteroatoms. The van der Waals surface area contributed by atoms with Crippen LogP contribution in [0.1, 0.15) is 0 Å². The molecule has 0 aliphatic heterocycles. The maximum atomic E-state index is 5.43. The molecule has 18 aromatic rings. The molecule has 0 amide bonds. The van der Waals surface area contributed by atoms with Gasteiger partial charge in [0.15, 0.2) is 5.82 Å². The fraction of sp³-hybridized carbons (Fsp3) is 0. The van der Waals surface area contributed by atoms with Gasteiger partial charge >= 0.3 is 0 Å². The van der Waals surface area contributed by atoms with Crippen LogP contribution >= 0.6 is 0 Å². The highest BCUT2D eigenvalue weighted by Crippen LogP contribution is 2.42.